The predicted molar refractivity (Wildman–Crippen MR) is 146 cm³/mol. The maximum absolute atomic E-state index is 13.5. The van der Waals surface area contributed by atoms with Crippen LogP contribution < -0.4 is 9.64 Å². The van der Waals surface area contributed by atoms with Gasteiger partial charge in [-0.25, -0.2) is 4.98 Å². The number of hydrogen-bond donors (Lipinski definition) is 1. The van der Waals surface area contributed by atoms with Crippen LogP contribution >= 0.6 is 27.3 Å². The van der Waals surface area contributed by atoms with E-state index in [0.29, 0.717) is 28.6 Å². The number of aryl methyl sites for hydroxylation is 2. The third-order valence-corrected chi connectivity index (χ3v) is 7.60. The fourth-order valence-electron chi connectivity index (χ4n) is 4.51. The highest BCUT2D eigenvalue weighted by atomic mass is 79.9. The van der Waals surface area contributed by atoms with Crippen molar-refractivity contribution in [2.75, 3.05) is 11.5 Å². The Morgan fingerprint density at radius 2 is 1.86 bits per heavy atom. The third-order valence-electron chi connectivity index (χ3n) is 6.07. The van der Waals surface area contributed by atoms with Crippen molar-refractivity contribution in [2.24, 2.45) is 0 Å². The molecular formula is C28H23BrN2O4S. The number of anilines is 1. The zero-order valence-electron chi connectivity index (χ0n) is 19.9. The lowest BCUT2D eigenvalue weighted by Gasteiger charge is -2.23. The summed E-state index contributed by atoms with van der Waals surface area (Å²) in [5.74, 6) is -1.17. The molecule has 182 valence electrons. The zero-order valence-corrected chi connectivity index (χ0v) is 22.3. The van der Waals surface area contributed by atoms with Gasteiger partial charge in [-0.15, -0.1) is 0 Å². The Kier molecular flexibility index (Phi) is 6.40. The summed E-state index contributed by atoms with van der Waals surface area (Å²) in [7, 11) is 0. The van der Waals surface area contributed by atoms with Crippen molar-refractivity contribution < 1.29 is 19.4 Å². The van der Waals surface area contributed by atoms with E-state index in [-0.39, 0.29) is 11.3 Å². The number of nitrogens with zero attached hydrogens (tertiary/aromatic N) is 2. The van der Waals surface area contributed by atoms with E-state index in [0.717, 1.165) is 25.8 Å². The molecule has 1 saturated heterocycles. The molecule has 1 amide bonds. The number of halogens is 1. The molecule has 0 bridgehead atoms. The summed E-state index contributed by atoms with van der Waals surface area (Å²) in [6, 6.07) is 17.4. The summed E-state index contributed by atoms with van der Waals surface area (Å²) in [5.41, 5.74) is 3.99. The topological polar surface area (TPSA) is 79.7 Å². The number of aliphatic hydroxyl groups is 1. The van der Waals surface area contributed by atoms with Crippen LogP contribution in [-0.2, 0) is 9.59 Å². The minimum atomic E-state index is -0.837. The van der Waals surface area contributed by atoms with Gasteiger partial charge in [-0.2, -0.15) is 0 Å². The second kappa shape index (κ2) is 9.52. The molecule has 1 fully saturated rings. The molecule has 1 aliphatic heterocycles. The predicted octanol–water partition coefficient (Wildman–Crippen LogP) is 6.70. The molecule has 5 rings (SSSR count). The molecule has 3 aromatic carbocycles. The van der Waals surface area contributed by atoms with Crippen molar-refractivity contribution in [3.63, 3.8) is 0 Å². The lowest BCUT2D eigenvalue weighted by Crippen LogP contribution is -2.29. The average molecular weight is 563 g/mol. The SMILES string of the molecule is CCOc1cccc(/C(O)=C2\C(=O)C(=O)N(c3nc4c(C)cc(C)cc4s3)C2c2ccc(Br)cc2)c1. The number of hydrogen-bond acceptors (Lipinski definition) is 6. The smallest absolute Gasteiger partial charge is 0.301 e. The van der Waals surface area contributed by atoms with Crippen LogP contribution in [0.3, 0.4) is 0 Å². The van der Waals surface area contributed by atoms with Gasteiger partial charge in [0.05, 0.1) is 28.4 Å². The molecular weight excluding hydrogens is 540 g/mol. The molecule has 0 radical (unpaired) electrons. The molecule has 1 atom stereocenters. The lowest BCUT2D eigenvalue weighted by molar-refractivity contribution is -0.132. The summed E-state index contributed by atoms with van der Waals surface area (Å²) in [4.78, 5) is 33.1. The monoisotopic (exact) mass is 562 g/mol. The van der Waals surface area contributed by atoms with Gasteiger partial charge in [0.25, 0.3) is 5.78 Å². The van der Waals surface area contributed by atoms with E-state index in [1.807, 2.05) is 57.2 Å². The molecule has 0 aliphatic carbocycles. The van der Waals surface area contributed by atoms with Gasteiger partial charge in [0.1, 0.15) is 11.5 Å². The third kappa shape index (κ3) is 4.20. The van der Waals surface area contributed by atoms with Crippen LogP contribution in [0.25, 0.3) is 16.0 Å². The number of fused-ring (bicyclic) bond motifs is 1. The van der Waals surface area contributed by atoms with Crippen LogP contribution in [0.1, 0.15) is 35.2 Å². The Morgan fingerprint density at radius 3 is 2.58 bits per heavy atom. The molecule has 1 N–H and O–H groups in total. The molecule has 0 saturated carbocycles. The lowest BCUT2D eigenvalue weighted by atomic mass is 9.95. The quantitative estimate of drug-likeness (QED) is 0.166. The second-order valence-electron chi connectivity index (χ2n) is 8.61. The number of ketones is 1. The van der Waals surface area contributed by atoms with Gasteiger partial charge in [0, 0.05) is 10.0 Å². The van der Waals surface area contributed by atoms with Gasteiger partial charge in [0.2, 0.25) is 0 Å². The van der Waals surface area contributed by atoms with Gasteiger partial charge in [-0.05, 0) is 67.8 Å². The van der Waals surface area contributed by atoms with E-state index in [9.17, 15) is 14.7 Å². The number of amides is 1. The van der Waals surface area contributed by atoms with E-state index in [1.54, 1.807) is 24.3 Å². The first-order chi connectivity index (χ1) is 17.3. The Labute approximate surface area is 221 Å². The number of thiazole rings is 1. The van der Waals surface area contributed by atoms with Crippen LogP contribution in [0.4, 0.5) is 5.13 Å². The highest BCUT2D eigenvalue weighted by molar-refractivity contribution is 9.10. The molecule has 1 aromatic heterocycles. The fraction of sp³-hybridized carbons (Fsp3) is 0.179. The summed E-state index contributed by atoms with van der Waals surface area (Å²) in [6.07, 6.45) is 0. The summed E-state index contributed by atoms with van der Waals surface area (Å²) in [5, 5.41) is 11.8. The second-order valence-corrected chi connectivity index (χ2v) is 10.5. The molecule has 4 aromatic rings. The normalized spacial score (nSPS) is 17.2. The van der Waals surface area contributed by atoms with Crippen LogP contribution in [0.2, 0.25) is 0 Å². The average Bonchev–Trinajstić information content (AvgIpc) is 3.38. The number of rotatable bonds is 5. The molecule has 6 nitrogen and oxygen atoms in total. The number of carbonyl (C=O) groups excluding carboxylic acids is 2. The minimum absolute atomic E-state index is 0.0168. The molecule has 2 heterocycles. The van der Waals surface area contributed by atoms with Crippen LogP contribution in [-0.4, -0.2) is 28.4 Å². The van der Waals surface area contributed by atoms with Crippen molar-refractivity contribution in [1.29, 1.82) is 0 Å². The standard InChI is InChI=1S/C28H23BrN2O4S/c1-4-35-20-7-5-6-18(14-20)25(32)22-24(17-8-10-19(29)11-9-17)31(27(34)26(22)33)28-30-23-16(3)12-15(2)13-21(23)36-28/h5-14,24,32H,4H2,1-3H3/b25-22+. The maximum atomic E-state index is 13.5. The van der Waals surface area contributed by atoms with Gasteiger partial charge >= 0.3 is 5.91 Å². The Bertz CT molecular complexity index is 1540. The van der Waals surface area contributed by atoms with Gasteiger partial charge in [0.15, 0.2) is 5.13 Å². The van der Waals surface area contributed by atoms with Gasteiger partial charge in [-0.3, -0.25) is 14.5 Å². The van der Waals surface area contributed by atoms with Crippen LogP contribution in [0, 0.1) is 13.8 Å². The first-order valence-corrected chi connectivity index (χ1v) is 13.1. The molecule has 1 aliphatic rings. The number of aliphatic hydroxyl groups excluding tert-OH is 1. The van der Waals surface area contributed by atoms with Crippen molar-refractivity contribution >= 4 is 60.1 Å². The number of ether oxygens (including phenoxy) is 1. The summed E-state index contributed by atoms with van der Waals surface area (Å²) >= 11 is 4.80. The largest absolute Gasteiger partial charge is 0.507 e. The number of aromatic nitrogens is 1. The zero-order chi connectivity index (χ0) is 25.6. The first kappa shape index (κ1) is 24.2. The van der Waals surface area contributed by atoms with Crippen molar-refractivity contribution in [3.05, 3.63) is 93.0 Å². The Hall–Kier alpha value is -3.49. The molecule has 0 spiro atoms. The number of Topliss-reactive ketones (excluding diaryl/α,β-unsaturated/α-hetero) is 1. The Morgan fingerprint density at radius 1 is 1.11 bits per heavy atom. The molecule has 8 heteroatoms. The number of carbonyl (C=O) groups is 2. The highest BCUT2D eigenvalue weighted by Gasteiger charge is 2.48. The fourth-order valence-corrected chi connectivity index (χ4v) is 5.94. The highest BCUT2D eigenvalue weighted by Crippen LogP contribution is 2.45. The summed E-state index contributed by atoms with van der Waals surface area (Å²) < 4.78 is 7.36. The first-order valence-electron chi connectivity index (χ1n) is 11.5. The maximum Gasteiger partial charge on any atom is 0.301 e. The molecule has 36 heavy (non-hydrogen) atoms. The number of benzene rings is 3. The van der Waals surface area contributed by atoms with Crippen molar-refractivity contribution in [2.45, 2.75) is 26.8 Å². The minimum Gasteiger partial charge on any atom is -0.507 e. The van der Waals surface area contributed by atoms with E-state index in [4.69, 9.17) is 9.72 Å². The van der Waals surface area contributed by atoms with E-state index < -0.39 is 17.7 Å². The van der Waals surface area contributed by atoms with E-state index in [1.165, 1.54) is 16.2 Å². The van der Waals surface area contributed by atoms with Gasteiger partial charge < -0.3 is 9.84 Å². The van der Waals surface area contributed by atoms with E-state index in [2.05, 4.69) is 15.9 Å². The summed E-state index contributed by atoms with van der Waals surface area (Å²) in [6.45, 7) is 6.32. The van der Waals surface area contributed by atoms with Crippen LogP contribution in [0.15, 0.2) is 70.7 Å². The Balaban J connectivity index is 1.72. The molecule has 1 unspecified atom stereocenters. The van der Waals surface area contributed by atoms with E-state index >= 15 is 0 Å². The van der Waals surface area contributed by atoms with Crippen molar-refractivity contribution in [1.82, 2.24) is 4.98 Å². The van der Waals surface area contributed by atoms with Crippen LogP contribution in [0.5, 0.6) is 5.75 Å². The van der Waals surface area contributed by atoms with Gasteiger partial charge in [-0.1, -0.05) is 57.6 Å². The van der Waals surface area contributed by atoms with Crippen molar-refractivity contribution in [3.8, 4) is 5.75 Å².